The van der Waals surface area contributed by atoms with Gasteiger partial charge in [0, 0.05) is 5.56 Å². The first-order valence-corrected chi connectivity index (χ1v) is 3.88. The lowest BCUT2D eigenvalue weighted by Crippen LogP contribution is -2.33. The predicted octanol–water partition coefficient (Wildman–Crippen LogP) is 0.198. The largest absolute Gasteiger partial charge is 0.489 e. The molecule has 0 amide bonds. The number of rotatable bonds is 2. The zero-order valence-corrected chi connectivity index (χ0v) is 7.32. The van der Waals surface area contributed by atoms with Gasteiger partial charge in [0.1, 0.15) is 6.29 Å². The molecule has 0 spiro atoms. The van der Waals surface area contributed by atoms with E-state index in [1.165, 1.54) is 0 Å². The van der Waals surface area contributed by atoms with Crippen LogP contribution in [0.1, 0.15) is 15.9 Å². The van der Waals surface area contributed by atoms with Crippen LogP contribution in [-0.4, -0.2) is 23.5 Å². The molecule has 0 aliphatic carbocycles. The Morgan fingerprint density at radius 2 is 1.87 bits per heavy atom. The van der Waals surface area contributed by atoms with Crippen molar-refractivity contribution in [1.82, 2.24) is 0 Å². The molecule has 7 heteroatoms. The lowest BCUT2D eigenvalue weighted by molar-refractivity contribution is -0.137. The van der Waals surface area contributed by atoms with Crippen molar-refractivity contribution in [3.8, 4) is 0 Å². The van der Waals surface area contributed by atoms with Crippen LogP contribution < -0.4 is 5.46 Å². The van der Waals surface area contributed by atoms with Crippen molar-refractivity contribution >= 4 is 18.9 Å². The average Bonchev–Trinajstić information content (AvgIpc) is 2.15. The lowest BCUT2D eigenvalue weighted by Gasteiger charge is -2.09. The van der Waals surface area contributed by atoms with Gasteiger partial charge in [0.05, 0.1) is 5.56 Å². The molecule has 0 atom stereocenters. The highest BCUT2D eigenvalue weighted by Gasteiger charge is 2.31. The Morgan fingerprint density at radius 1 is 1.27 bits per heavy atom. The maximum absolute atomic E-state index is 12.2. The molecule has 2 N–H and O–H groups in total. The van der Waals surface area contributed by atoms with Gasteiger partial charge in [0.25, 0.3) is 0 Å². The van der Waals surface area contributed by atoms with Gasteiger partial charge >= 0.3 is 13.3 Å². The average molecular weight is 218 g/mol. The highest BCUT2D eigenvalue weighted by molar-refractivity contribution is 6.60. The molecule has 15 heavy (non-hydrogen) atoms. The topological polar surface area (TPSA) is 57.5 Å². The Kier molecular flexibility index (Phi) is 3.16. The highest BCUT2D eigenvalue weighted by atomic mass is 19.4. The SMILES string of the molecule is O=Cc1cc(C(F)(F)F)ccc1B(O)O. The summed E-state index contributed by atoms with van der Waals surface area (Å²) in [6, 6.07) is 2.11. The predicted molar refractivity (Wildman–Crippen MR) is 46.7 cm³/mol. The first-order valence-electron chi connectivity index (χ1n) is 3.88. The summed E-state index contributed by atoms with van der Waals surface area (Å²) in [5, 5.41) is 17.5. The van der Waals surface area contributed by atoms with E-state index >= 15 is 0 Å². The second kappa shape index (κ2) is 4.04. The summed E-state index contributed by atoms with van der Waals surface area (Å²) in [7, 11) is -1.97. The van der Waals surface area contributed by atoms with E-state index in [0.717, 1.165) is 6.07 Å². The van der Waals surface area contributed by atoms with E-state index in [2.05, 4.69) is 0 Å². The van der Waals surface area contributed by atoms with Crippen molar-refractivity contribution in [2.45, 2.75) is 6.18 Å². The molecule has 0 radical (unpaired) electrons. The van der Waals surface area contributed by atoms with Crippen molar-refractivity contribution in [3.05, 3.63) is 29.3 Å². The molecule has 0 aliphatic heterocycles. The maximum atomic E-state index is 12.2. The molecule has 80 valence electrons. The molecule has 1 aromatic rings. The van der Waals surface area contributed by atoms with Crippen LogP contribution in [0.3, 0.4) is 0 Å². The minimum absolute atomic E-state index is 0.143. The van der Waals surface area contributed by atoms with Crippen LogP contribution in [0.25, 0.3) is 0 Å². The molecular weight excluding hydrogens is 212 g/mol. The van der Waals surface area contributed by atoms with E-state index in [-0.39, 0.29) is 17.3 Å². The normalized spacial score (nSPS) is 11.3. The summed E-state index contributed by atoms with van der Waals surface area (Å²) < 4.78 is 36.6. The van der Waals surface area contributed by atoms with Crippen LogP contribution in [0, 0.1) is 0 Å². The first-order chi connectivity index (χ1) is 6.86. The second-order valence-corrected chi connectivity index (χ2v) is 2.83. The first kappa shape index (κ1) is 11.7. The number of hydrogen-bond acceptors (Lipinski definition) is 3. The van der Waals surface area contributed by atoms with Crippen LogP contribution in [0.2, 0.25) is 0 Å². The van der Waals surface area contributed by atoms with Crippen LogP contribution in [-0.2, 0) is 6.18 Å². The number of halogens is 3. The van der Waals surface area contributed by atoms with Crippen molar-refractivity contribution in [2.75, 3.05) is 0 Å². The van der Waals surface area contributed by atoms with Gasteiger partial charge in [0.2, 0.25) is 0 Å². The van der Waals surface area contributed by atoms with Crippen molar-refractivity contribution in [1.29, 1.82) is 0 Å². The minimum atomic E-state index is -4.56. The third kappa shape index (κ3) is 2.57. The highest BCUT2D eigenvalue weighted by Crippen LogP contribution is 2.28. The van der Waals surface area contributed by atoms with E-state index in [4.69, 9.17) is 10.0 Å². The number of carbonyl (C=O) groups excluding carboxylic acids is 1. The molecule has 3 nitrogen and oxygen atoms in total. The number of hydrogen-bond donors (Lipinski definition) is 2. The minimum Gasteiger partial charge on any atom is -0.423 e. The number of benzene rings is 1. The van der Waals surface area contributed by atoms with Crippen LogP contribution in [0.4, 0.5) is 13.2 Å². The van der Waals surface area contributed by atoms with Gasteiger partial charge in [0.15, 0.2) is 0 Å². The third-order valence-corrected chi connectivity index (χ3v) is 1.82. The summed E-state index contributed by atoms with van der Waals surface area (Å²) in [5.74, 6) is 0. The molecule has 0 heterocycles. The third-order valence-electron chi connectivity index (χ3n) is 1.82. The molecule has 0 saturated carbocycles. The molecule has 0 aromatic heterocycles. The fourth-order valence-corrected chi connectivity index (χ4v) is 1.09. The van der Waals surface area contributed by atoms with Crippen LogP contribution in [0.5, 0.6) is 0 Å². The van der Waals surface area contributed by atoms with Crippen molar-refractivity contribution < 1.29 is 28.0 Å². The zero-order chi connectivity index (χ0) is 11.6. The summed E-state index contributed by atoms with van der Waals surface area (Å²) in [6.45, 7) is 0. The standard InChI is InChI=1S/C8H6BF3O3/c10-8(11,12)6-1-2-7(9(14)15)5(3-6)4-13/h1-4,14-15H. The Morgan fingerprint density at radius 3 is 2.27 bits per heavy atom. The Balaban J connectivity index is 3.25. The Hall–Kier alpha value is -1.34. The van der Waals surface area contributed by atoms with Gasteiger partial charge in [-0.1, -0.05) is 12.1 Å². The fraction of sp³-hybridized carbons (Fsp3) is 0.125. The van der Waals surface area contributed by atoms with Gasteiger partial charge in [-0.05, 0) is 11.5 Å². The van der Waals surface area contributed by atoms with E-state index < -0.39 is 18.9 Å². The van der Waals surface area contributed by atoms with E-state index in [9.17, 15) is 18.0 Å². The van der Waals surface area contributed by atoms with Gasteiger partial charge in [-0.3, -0.25) is 4.79 Å². The van der Waals surface area contributed by atoms with Gasteiger partial charge in [-0.25, -0.2) is 0 Å². The Labute approximate surface area is 83.3 Å². The summed E-state index contributed by atoms with van der Waals surface area (Å²) >= 11 is 0. The fourth-order valence-electron chi connectivity index (χ4n) is 1.09. The summed E-state index contributed by atoms with van der Waals surface area (Å²) in [6.07, 6.45) is -4.42. The molecule has 1 aromatic carbocycles. The zero-order valence-electron chi connectivity index (χ0n) is 7.32. The van der Waals surface area contributed by atoms with Crippen LogP contribution in [0.15, 0.2) is 18.2 Å². The number of carbonyl (C=O) groups is 1. The molecular formula is C8H6BF3O3. The summed E-state index contributed by atoms with van der Waals surface area (Å²) in [5.41, 5.74) is -1.65. The number of alkyl halides is 3. The number of aldehydes is 1. The quantitative estimate of drug-likeness (QED) is 0.550. The monoisotopic (exact) mass is 218 g/mol. The second-order valence-electron chi connectivity index (χ2n) is 2.83. The molecule has 0 fully saturated rings. The Bertz CT molecular complexity index is 376. The molecule has 1 rings (SSSR count). The van der Waals surface area contributed by atoms with Gasteiger partial charge < -0.3 is 10.0 Å². The van der Waals surface area contributed by atoms with Gasteiger partial charge in [-0.2, -0.15) is 13.2 Å². The van der Waals surface area contributed by atoms with Gasteiger partial charge in [-0.15, -0.1) is 0 Å². The molecule has 0 aliphatic rings. The molecule has 0 saturated heterocycles. The lowest BCUT2D eigenvalue weighted by atomic mass is 9.77. The maximum Gasteiger partial charge on any atom is 0.489 e. The van der Waals surface area contributed by atoms with E-state index in [1.807, 2.05) is 0 Å². The van der Waals surface area contributed by atoms with E-state index in [0.29, 0.717) is 12.1 Å². The van der Waals surface area contributed by atoms with Crippen molar-refractivity contribution in [2.24, 2.45) is 0 Å². The molecule has 0 bridgehead atoms. The summed E-state index contributed by atoms with van der Waals surface area (Å²) in [4.78, 5) is 10.4. The van der Waals surface area contributed by atoms with Crippen LogP contribution >= 0.6 is 0 Å². The van der Waals surface area contributed by atoms with E-state index in [1.54, 1.807) is 0 Å². The smallest absolute Gasteiger partial charge is 0.423 e. The van der Waals surface area contributed by atoms with Crippen molar-refractivity contribution in [3.63, 3.8) is 0 Å². The molecule has 0 unspecified atom stereocenters.